The third kappa shape index (κ3) is 2.51. The molecule has 3 rings (SSSR count). The maximum absolute atomic E-state index is 12.5. The summed E-state index contributed by atoms with van der Waals surface area (Å²) in [5.41, 5.74) is 0.415. The molecule has 112 valence electrons. The van der Waals surface area contributed by atoms with Gasteiger partial charge < -0.3 is 10.1 Å². The summed E-state index contributed by atoms with van der Waals surface area (Å²) in [6.07, 6.45) is 5.74. The standard InChI is InChI=1S/C15H20N4O2/c1-14(2)8-11(15(3,4)21-14)18-13(20)10-9-17-19-7-5-6-16-12(10)19/h5-7,9,11H,8H2,1-4H3,(H,18,20). The summed E-state index contributed by atoms with van der Waals surface area (Å²) < 4.78 is 7.60. The molecule has 21 heavy (non-hydrogen) atoms. The average molecular weight is 288 g/mol. The van der Waals surface area contributed by atoms with Crippen molar-refractivity contribution >= 4 is 11.6 Å². The summed E-state index contributed by atoms with van der Waals surface area (Å²) in [5.74, 6) is -0.164. The van der Waals surface area contributed by atoms with E-state index in [4.69, 9.17) is 4.74 Å². The van der Waals surface area contributed by atoms with Crippen LogP contribution >= 0.6 is 0 Å². The third-order valence-electron chi connectivity index (χ3n) is 3.90. The van der Waals surface area contributed by atoms with Gasteiger partial charge in [0.2, 0.25) is 0 Å². The van der Waals surface area contributed by atoms with E-state index in [1.54, 1.807) is 29.2 Å². The predicted octanol–water partition coefficient (Wildman–Crippen LogP) is 1.81. The van der Waals surface area contributed by atoms with Crippen molar-refractivity contribution in [1.29, 1.82) is 0 Å². The van der Waals surface area contributed by atoms with E-state index in [1.165, 1.54) is 0 Å². The van der Waals surface area contributed by atoms with E-state index in [9.17, 15) is 4.79 Å². The van der Waals surface area contributed by atoms with Crippen molar-refractivity contribution in [3.8, 4) is 0 Å². The van der Waals surface area contributed by atoms with Crippen molar-refractivity contribution in [1.82, 2.24) is 19.9 Å². The quantitative estimate of drug-likeness (QED) is 0.915. The van der Waals surface area contributed by atoms with Crippen molar-refractivity contribution in [2.24, 2.45) is 0 Å². The molecule has 2 aromatic rings. The Labute approximate surface area is 123 Å². The fourth-order valence-electron chi connectivity index (χ4n) is 3.01. The van der Waals surface area contributed by atoms with Crippen molar-refractivity contribution in [2.45, 2.75) is 51.4 Å². The zero-order valence-corrected chi connectivity index (χ0v) is 12.8. The van der Waals surface area contributed by atoms with E-state index in [0.717, 1.165) is 6.42 Å². The molecule has 1 aliphatic rings. The zero-order valence-electron chi connectivity index (χ0n) is 12.8. The number of amides is 1. The molecule has 0 radical (unpaired) electrons. The molecule has 0 aliphatic carbocycles. The molecule has 2 aromatic heterocycles. The summed E-state index contributed by atoms with van der Waals surface area (Å²) in [4.78, 5) is 16.7. The highest BCUT2D eigenvalue weighted by atomic mass is 16.5. The van der Waals surface area contributed by atoms with E-state index in [1.807, 2.05) is 27.7 Å². The number of hydrogen-bond donors (Lipinski definition) is 1. The number of nitrogens with zero attached hydrogens (tertiary/aromatic N) is 3. The van der Waals surface area contributed by atoms with Gasteiger partial charge in [-0.3, -0.25) is 4.79 Å². The van der Waals surface area contributed by atoms with Gasteiger partial charge in [-0.15, -0.1) is 0 Å². The van der Waals surface area contributed by atoms with E-state index in [2.05, 4.69) is 15.4 Å². The van der Waals surface area contributed by atoms with Crippen LogP contribution in [0.4, 0.5) is 0 Å². The number of ether oxygens (including phenoxy) is 1. The first-order chi connectivity index (χ1) is 9.78. The third-order valence-corrected chi connectivity index (χ3v) is 3.90. The molecule has 3 heterocycles. The van der Waals surface area contributed by atoms with E-state index in [-0.39, 0.29) is 17.6 Å². The molecule has 0 saturated carbocycles. The number of carbonyl (C=O) groups is 1. The normalized spacial score (nSPS) is 23.3. The second-order valence-corrected chi connectivity index (χ2v) is 6.64. The lowest BCUT2D eigenvalue weighted by atomic mass is 9.94. The van der Waals surface area contributed by atoms with Crippen LogP contribution in [0.5, 0.6) is 0 Å². The zero-order chi connectivity index (χ0) is 15.3. The highest BCUT2D eigenvalue weighted by molar-refractivity contribution is 5.99. The van der Waals surface area contributed by atoms with Crippen molar-refractivity contribution in [2.75, 3.05) is 0 Å². The summed E-state index contributed by atoms with van der Waals surface area (Å²) in [6, 6.07) is 1.73. The highest BCUT2D eigenvalue weighted by Crippen LogP contribution is 2.37. The van der Waals surface area contributed by atoms with Gasteiger partial charge in [-0.05, 0) is 40.2 Å². The Bertz CT molecular complexity index is 690. The van der Waals surface area contributed by atoms with Crippen molar-refractivity contribution < 1.29 is 9.53 Å². The van der Waals surface area contributed by atoms with Crippen LogP contribution in [0.3, 0.4) is 0 Å². The maximum Gasteiger partial charge on any atom is 0.257 e. The molecular formula is C15H20N4O2. The van der Waals surface area contributed by atoms with Crippen LogP contribution in [0.1, 0.15) is 44.5 Å². The second kappa shape index (κ2) is 4.53. The molecule has 0 aromatic carbocycles. The van der Waals surface area contributed by atoms with Crippen LogP contribution in [0.2, 0.25) is 0 Å². The summed E-state index contributed by atoms with van der Waals surface area (Å²) in [7, 11) is 0. The second-order valence-electron chi connectivity index (χ2n) is 6.64. The molecule has 0 bridgehead atoms. The predicted molar refractivity (Wildman–Crippen MR) is 78.1 cm³/mol. The van der Waals surface area contributed by atoms with Crippen LogP contribution in [0.15, 0.2) is 24.7 Å². The molecular weight excluding hydrogens is 268 g/mol. The lowest BCUT2D eigenvalue weighted by Crippen LogP contribution is -2.46. The molecule has 1 N–H and O–H groups in total. The molecule has 1 amide bonds. The molecule has 1 saturated heterocycles. The van der Waals surface area contributed by atoms with Crippen LogP contribution < -0.4 is 5.32 Å². The topological polar surface area (TPSA) is 68.5 Å². The van der Waals surface area contributed by atoms with Gasteiger partial charge in [0, 0.05) is 12.4 Å². The van der Waals surface area contributed by atoms with Gasteiger partial charge in [-0.25, -0.2) is 9.50 Å². The largest absolute Gasteiger partial charge is 0.367 e. The van der Waals surface area contributed by atoms with Crippen molar-refractivity contribution in [3.05, 3.63) is 30.2 Å². The van der Waals surface area contributed by atoms with Gasteiger partial charge >= 0.3 is 0 Å². The van der Waals surface area contributed by atoms with Gasteiger partial charge in [-0.2, -0.15) is 5.10 Å². The Morgan fingerprint density at radius 3 is 2.86 bits per heavy atom. The molecule has 1 aliphatic heterocycles. The first-order valence-corrected chi connectivity index (χ1v) is 7.08. The molecule has 1 atom stereocenters. The number of hydrogen-bond acceptors (Lipinski definition) is 4. The van der Waals surface area contributed by atoms with Gasteiger partial charge in [0.1, 0.15) is 5.56 Å². The highest BCUT2D eigenvalue weighted by Gasteiger charge is 2.46. The molecule has 1 unspecified atom stereocenters. The number of rotatable bonds is 2. The summed E-state index contributed by atoms with van der Waals surface area (Å²) in [5, 5.41) is 7.20. The fourth-order valence-corrected chi connectivity index (χ4v) is 3.01. The molecule has 6 nitrogen and oxygen atoms in total. The van der Waals surface area contributed by atoms with E-state index in [0.29, 0.717) is 11.2 Å². The number of nitrogens with one attached hydrogen (secondary N) is 1. The van der Waals surface area contributed by atoms with E-state index >= 15 is 0 Å². The van der Waals surface area contributed by atoms with Gasteiger partial charge in [-0.1, -0.05) is 0 Å². The Balaban J connectivity index is 1.84. The van der Waals surface area contributed by atoms with Gasteiger partial charge in [0.25, 0.3) is 5.91 Å². The lowest BCUT2D eigenvalue weighted by Gasteiger charge is -2.27. The van der Waals surface area contributed by atoms with Crippen molar-refractivity contribution in [3.63, 3.8) is 0 Å². The van der Waals surface area contributed by atoms with Crippen LogP contribution in [0.25, 0.3) is 5.65 Å². The summed E-state index contributed by atoms with van der Waals surface area (Å²) in [6.45, 7) is 8.08. The first-order valence-electron chi connectivity index (χ1n) is 7.08. The smallest absolute Gasteiger partial charge is 0.257 e. The number of fused-ring (bicyclic) bond motifs is 1. The SMILES string of the molecule is CC1(C)CC(NC(=O)c2cnn3cccnc23)C(C)(C)O1. The van der Waals surface area contributed by atoms with Crippen LogP contribution in [-0.4, -0.2) is 37.7 Å². The molecule has 1 fully saturated rings. The minimum atomic E-state index is -0.393. The number of aromatic nitrogens is 3. The van der Waals surface area contributed by atoms with Crippen LogP contribution in [-0.2, 0) is 4.74 Å². The Morgan fingerprint density at radius 1 is 1.43 bits per heavy atom. The molecule has 0 spiro atoms. The van der Waals surface area contributed by atoms with Gasteiger partial charge in [0.05, 0.1) is 23.4 Å². The van der Waals surface area contributed by atoms with Crippen LogP contribution in [0, 0.1) is 0 Å². The Kier molecular flexibility index (Phi) is 3.02. The number of carbonyl (C=O) groups excluding carboxylic acids is 1. The monoisotopic (exact) mass is 288 g/mol. The minimum Gasteiger partial charge on any atom is -0.367 e. The molecule has 6 heteroatoms. The Morgan fingerprint density at radius 2 is 2.19 bits per heavy atom. The lowest BCUT2D eigenvalue weighted by molar-refractivity contribution is -0.0693. The maximum atomic E-state index is 12.5. The summed E-state index contributed by atoms with van der Waals surface area (Å²) >= 11 is 0. The fraction of sp³-hybridized carbons (Fsp3) is 0.533. The minimum absolute atomic E-state index is 0.0429. The van der Waals surface area contributed by atoms with E-state index < -0.39 is 5.60 Å². The van der Waals surface area contributed by atoms with Gasteiger partial charge in [0.15, 0.2) is 5.65 Å². The Hall–Kier alpha value is -1.95. The average Bonchev–Trinajstić information content (AvgIpc) is 2.87. The first kappa shape index (κ1) is 14.0.